The van der Waals surface area contributed by atoms with Crippen LogP contribution in [0.4, 0.5) is 17.1 Å². The molecule has 6 rings (SSSR count). The second kappa shape index (κ2) is 13.5. The van der Waals surface area contributed by atoms with E-state index in [1.165, 1.54) is 4.90 Å². The van der Waals surface area contributed by atoms with Gasteiger partial charge in [-0.15, -0.1) is 0 Å². The molecule has 11 heteroatoms. The molecule has 0 spiro atoms. The quantitative estimate of drug-likeness (QED) is 0.0775. The van der Waals surface area contributed by atoms with Crippen molar-refractivity contribution in [3.05, 3.63) is 87.9 Å². The van der Waals surface area contributed by atoms with E-state index in [9.17, 15) is 20.0 Å². The number of nitrogens with one attached hydrogen (secondary N) is 1. The van der Waals surface area contributed by atoms with Gasteiger partial charge in [-0.3, -0.25) is 14.5 Å². The number of rotatable bonds is 10. The van der Waals surface area contributed by atoms with Crippen LogP contribution in [0.1, 0.15) is 66.3 Å². The minimum Gasteiger partial charge on any atom is -0.494 e. The van der Waals surface area contributed by atoms with Gasteiger partial charge in [-0.05, 0) is 106 Å². The molecule has 1 aliphatic heterocycles. The highest BCUT2D eigenvalue weighted by Gasteiger charge is 2.36. The molecule has 246 valence electrons. The maximum atomic E-state index is 13.5. The summed E-state index contributed by atoms with van der Waals surface area (Å²) in [6.07, 6.45) is 5.41. The fraction of sp³-hybridized carbons (Fsp3) is 0.297. The number of fused-ring (bicyclic) bond motifs is 1. The number of imide groups is 1. The lowest BCUT2D eigenvalue weighted by molar-refractivity contribution is -0.151. The van der Waals surface area contributed by atoms with Crippen molar-refractivity contribution < 1.29 is 19.2 Å². The lowest BCUT2D eigenvalue weighted by atomic mass is 9.94. The number of amides is 2. The third kappa shape index (κ3) is 6.34. The van der Waals surface area contributed by atoms with Crippen molar-refractivity contribution in [3.63, 3.8) is 0 Å². The number of hydrogen-bond acceptors (Lipinski definition) is 8. The van der Waals surface area contributed by atoms with Gasteiger partial charge in [-0.2, -0.15) is 5.26 Å². The highest BCUT2D eigenvalue weighted by atomic mass is 35.5. The SMILES string of the molecule is Cc1noc(C)c1-c1cc(CCCCCN2C(=O)CCC(n3cc4cc(N)ccc4c3O)C2=O)c(C)c(Nc2ccc(C#N)c(Cl)c2)c1. The smallest absolute Gasteiger partial charge is 0.252 e. The van der Waals surface area contributed by atoms with Crippen LogP contribution in [0.15, 0.2) is 59.3 Å². The van der Waals surface area contributed by atoms with E-state index in [1.807, 2.05) is 19.9 Å². The van der Waals surface area contributed by atoms with Gasteiger partial charge in [-0.25, -0.2) is 0 Å². The van der Waals surface area contributed by atoms with Crippen molar-refractivity contribution in [1.82, 2.24) is 14.6 Å². The molecule has 1 saturated heterocycles. The van der Waals surface area contributed by atoms with Crippen LogP contribution in [0.2, 0.25) is 5.02 Å². The summed E-state index contributed by atoms with van der Waals surface area (Å²) in [6.45, 7) is 6.21. The third-order valence-electron chi connectivity index (χ3n) is 9.19. The monoisotopic (exact) mass is 664 g/mol. The van der Waals surface area contributed by atoms with Gasteiger partial charge in [0.25, 0.3) is 5.91 Å². The van der Waals surface area contributed by atoms with Crippen LogP contribution >= 0.6 is 11.6 Å². The number of aryl methyl sites for hydroxylation is 3. The molecule has 10 nitrogen and oxygen atoms in total. The first-order valence-electron chi connectivity index (χ1n) is 16.0. The number of unbranched alkanes of at least 4 members (excludes halogenated alkanes) is 2. The number of nitrogen functional groups attached to an aromatic ring is 1. The van der Waals surface area contributed by atoms with Gasteiger partial charge in [-0.1, -0.05) is 29.2 Å². The Bertz CT molecular complexity index is 2070. The third-order valence-corrected chi connectivity index (χ3v) is 9.51. The van der Waals surface area contributed by atoms with Gasteiger partial charge in [0.15, 0.2) is 5.88 Å². The number of nitrogens with two attached hydrogens (primary N) is 1. The normalized spacial score (nSPS) is 14.9. The number of nitrogens with zero attached hydrogens (tertiary/aromatic N) is 4. The summed E-state index contributed by atoms with van der Waals surface area (Å²) < 4.78 is 7.04. The van der Waals surface area contributed by atoms with Gasteiger partial charge in [0.05, 0.1) is 16.3 Å². The Kier molecular flexibility index (Phi) is 9.16. The highest BCUT2D eigenvalue weighted by molar-refractivity contribution is 6.32. The Morgan fingerprint density at radius 3 is 2.65 bits per heavy atom. The molecule has 1 unspecified atom stereocenters. The minimum absolute atomic E-state index is 0.00276. The second-order valence-electron chi connectivity index (χ2n) is 12.4. The first-order valence-corrected chi connectivity index (χ1v) is 16.4. The predicted molar refractivity (Wildman–Crippen MR) is 186 cm³/mol. The van der Waals surface area contributed by atoms with Gasteiger partial charge in [0.1, 0.15) is 17.9 Å². The zero-order chi connectivity index (χ0) is 34.1. The van der Waals surface area contributed by atoms with E-state index in [4.69, 9.17) is 21.9 Å². The summed E-state index contributed by atoms with van der Waals surface area (Å²) in [5, 5.41) is 29.5. The summed E-state index contributed by atoms with van der Waals surface area (Å²) in [5.74, 6) is 0.257. The van der Waals surface area contributed by atoms with Crippen molar-refractivity contribution in [2.75, 3.05) is 17.6 Å². The van der Waals surface area contributed by atoms with E-state index in [0.717, 1.165) is 69.7 Å². The number of hydrogen-bond donors (Lipinski definition) is 3. The molecule has 2 aromatic heterocycles. The molecule has 2 amide bonds. The number of anilines is 3. The van der Waals surface area contributed by atoms with Crippen LogP contribution in [0, 0.1) is 32.1 Å². The number of carbonyl (C=O) groups is 2. The van der Waals surface area contributed by atoms with E-state index in [0.29, 0.717) is 41.0 Å². The fourth-order valence-corrected chi connectivity index (χ4v) is 6.82. The zero-order valence-corrected chi connectivity index (χ0v) is 27.9. The number of aromatic nitrogens is 2. The topological polar surface area (TPSA) is 150 Å². The van der Waals surface area contributed by atoms with E-state index in [-0.39, 0.29) is 24.1 Å². The van der Waals surface area contributed by atoms with Crippen LogP contribution < -0.4 is 11.1 Å². The Balaban J connectivity index is 1.15. The molecule has 1 fully saturated rings. The molecule has 0 aliphatic carbocycles. The van der Waals surface area contributed by atoms with Crippen LogP contribution in [-0.4, -0.2) is 38.1 Å². The van der Waals surface area contributed by atoms with Gasteiger partial charge in [0, 0.05) is 52.6 Å². The summed E-state index contributed by atoms with van der Waals surface area (Å²) >= 11 is 6.32. The van der Waals surface area contributed by atoms with Crippen LogP contribution in [0.3, 0.4) is 0 Å². The van der Waals surface area contributed by atoms with Crippen LogP contribution in [-0.2, 0) is 16.0 Å². The van der Waals surface area contributed by atoms with Crippen molar-refractivity contribution in [1.29, 1.82) is 5.26 Å². The molecule has 1 atom stereocenters. The molecule has 3 heterocycles. The number of halogens is 1. The standard InChI is InChI=1S/C37H37ClN6O4/c1-21-24(15-26(35-22(2)42-48-23(35)3)17-32(21)41-29-10-8-25(19-39)31(38)18-29)7-5-4-6-14-43-34(45)13-12-33(37(43)47)44-20-27-16-28(40)9-11-30(27)36(44)46/h8-11,15-18,20,33,41,46H,4-7,12-14,40H2,1-3H3. The van der Waals surface area contributed by atoms with Crippen molar-refractivity contribution in [2.24, 2.45) is 0 Å². The van der Waals surface area contributed by atoms with E-state index in [2.05, 4.69) is 35.6 Å². The first-order chi connectivity index (χ1) is 23.0. The molecule has 0 bridgehead atoms. The number of aromatic hydroxyl groups is 1. The first kappa shape index (κ1) is 32.7. The minimum atomic E-state index is -0.650. The van der Waals surface area contributed by atoms with Gasteiger partial charge in [0.2, 0.25) is 5.91 Å². The molecule has 4 N–H and O–H groups in total. The number of carbonyl (C=O) groups excluding carboxylic acids is 2. The maximum absolute atomic E-state index is 13.5. The predicted octanol–water partition coefficient (Wildman–Crippen LogP) is 7.88. The summed E-state index contributed by atoms with van der Waals surface area (Å²) in [4.78, 5) is 27.7. The second-order valence-corrected chi connectivity index (χ2v) is 12.8. The molecule has 1 aliphatic rings. The number of likely N-dealkylation sites (tertiary alicyclic amines) is 1. The van der Waals surface area contributed by atoms with Crippen molar-refractivity contribution in [2.45, 2.75) is 65.3 Å². The summed E-state index contributed by atoms with van der Waals surface area (Å²) in [6, 6.07) is 16.2. The van der Waals surface area contributed by atoms with Crippen molar-refractivity contribution >= 4 is 51.2 Å². The molecular weight excluding hydrogens is 628 g/mol. The van der Waals surface area contributed by atoms with Crippen LogP contribution in [0.25, 0.3) is 21.9 Å². The number of benzene rings is 3. The Morgan fingerprint density at radius 1 is 1.10 bits per heavy atom. The van der Waals surface area contributed by atoms with Crippen LogP contribution in [0.5, 0.6) is 5.88 Å². The molecule has 3 aromatic carbocycles. The summed E-state index contributed by atoms with van der Waals surface area (Å²) in [7, 11) is 0. The molecule has 48 heavy (non-hydrogen) atoms. The molecular formula is C37H37ClN6O4. The Labute approximate surface area is 283 Å². The zero-order valence-electron chi connectivity index (χ0n) is 27.1. The maximum Gasteiger partial charge on any atom is 0.252 e. The molecule has 0 radical (unpaired) electrons. The lowest BCUT2D eigenvalue weighted by Gasteiger charge is -2.31. The van der Waals surface area contributed by atoms with Gasteiger partial charge < -0.3 is 25.2 Å². The Hall–Kier alpha value is -5.27. The molecule has 5 aromatic rings. The van der Waals surface area contributed by atoms with Gasteiger partial charge >= 0.3 is 0 Å². The lowest BCUT2D eigenvalue weighted by Crippen LogP contribution is -2.46. The molecule has 0 saturated carbocycles. The average Bonchev–Trinajstić information content (AvgIpc) is 3.56. The van der Waals surface area contributed by atoms with Crippen molar-refractivity contribution in [3.8, 4) is 23.1 Å². The van der Waals surface area contributed by atoms with E-state index < -0.39 is 6.04 Å². The van der Waals surface area contributed by atoms with E-state index in [1.54, 1.807) is 41.1 Å². The fourth-order valence-electron chi connectivity index (χ4n) is 6.60. The average molecular weight is 665 g/mol. The largest absolute Gasteiger partial charge is 0.494 e. The Morgan fingerprint density at radius 2 is 1.92 bits per heavy atom. The summed E-state index contributed by atoms with van der Waals surface area (Å²) in [5.41, 5.74) is 13.5. The number of nitriles is 1. The number of piperidine rings is 1. The van der Waals surface area contributed by atoms with E-state index >= 15 is 0 Å². The highest BCUT2D eigenvalue weighted by Crippen LogP contribution is 2.37.